The van der Waals surface area contributed by atoms with Crippen LogP contribution in [0.2, 0.25) is 0 Å². The topological polar surface area (TPSA) is 58.3 Å². The molecule has 0 spiro atoms. The second kappa shape index (κ2) is 6.58. The molecule has 0 aliphatic heterocycles. The molecule has 1 unspecified atom stereocenters. The lowest BCUT2D eigenvalue weighted by molar-refractivity contribution is 0.284. The van der Waals surface area contributed by atoms with Crippen LogP contribution < -0.4 is 11.1 Å². The number of aliphatic hydroxyl groups is 1. The maximum atomic E-state index is 8.47. The summed E-state index contributed by atoms with van der Waals surface area (Å²) >= 11 is 0. The van der Waals surface area contributed by atoms with Gasteiger partial charge in [0.1, 0.15) is 0 Å². The molecule has 0 rings (SSSR count). The number of nitrogens with one attached hydrogen (secondary N) is 1. The number of hydrogen-bond donors (Lipinski definition) is 3. The van der Waals surface area contributed by atoms with Crippen molar-refractivity contribution >= 4 is 0 Å². The molecule has 0 saturated heterocycles. The van der Waals surface area contributed by atoms with Crippen LogP contribution in [-0.4, -0.2) is 30.8 Å². The molecule has 0 aromatic heterocycles. The van der Waals surface area contributed by atoms with Crippen molar-refractivity contribution in [1.29, 1.82) is 0 Å². The van der Waals surface area contributed by atoms with Gasteiger partial charge in [-0.1, -0.05) is 13.8 Å². The van der Waals surface area contributed by atoms with Crippen LogP contribution in [0.25, 0.3) is 0 Å². The first-order chi connectivity index (χ1) is 5.18. The van der Waals surface area contributed by atoms with E-state index in [9.17, 15) is 0 Å². The summed E-state index contributed by atoms with van der Waals surface area (Å²) < 4.78 is 0. The van der Waals surface area contributed by atoms with Crippen LogP contribution >= 0.6 is 0 Å². The van der Waals surface area contributed by atoms with E-state index < -0.39 is 0 Å². The highest BCUT2D eigenvalue weighted by atomic mass is 16.3. The van der Waals surface area contributed by atoms with Crippen molar-refractivity contribution in [2.24, 2.45) is 11.7 Å². The fourth-order valence-corrected chi connectivity index (χ4v) is 0.708. The van der Waals surface area contributed by atoms with Crippen LogP contribution in [0, 0.1) is 5.92 Å². The van der Waals surface area contributed by atoms with Crippen LogP contribution in [0.5, 0.6) is 0 Å². The third-order valence-electron chi connectivity index (χ3n) is 1.75. The number of aliphatic hydroxyl groups excluding tert-OH is 1. The first kappa shape index (κ1) is 10.9. The van der Waals surface area contributed by atoms with Crippen molar-refractivity contribution in [2.75, 3.05) is 19.7 Å². The van der Waals surface area contributed by atoms with Gasteiger partial charge >= 0.3 is 0 Å². The van der Waals surface area contributed by atoms with E-state index in [0.29, 0.717) is 5.92 Å². The molecule has 0 aliphatic rings. The van der Waals surface area contributed by atoms with Crippen molar-refractivity contribution in [3.8, 4) is 0 Å². The van der Waals surface area contributed by atoms with E-state index in [-0.39, 0.29) is 12.6 Å². The van der Waals surface area contributed by atoms with Gasteiger partial charge in [0.2, 0.25) is 0 Å². The zero-order valence-electron chi connectivity index (χ0n) is 7.51. The Morgan fingerprint density at radius 3 is 2.55 bits per heavy atom. The Balaban J connectivity index is 3.10. The van der Waals surface area contributed by atoms with Gasteiger partial charge in [-0.05, 0) is 18.9 Å². The molecular formula is C8H20N2O. The normalized spacial score (nSPS) is 13.9. The maximum absolute atomic E-state index is 8.47. The fourth-order valence-electron chi connectivity index (χ4n) is 0.708. The first-order valence-corrected chi connectivity index (χ1v) is 4.25. The third kappa shape index (κ3) is 6.28. The lowest BCUT2D eigenvalue weighted by Gasteiger charge is -2.15. The summed E-state index contributed by atoms with van der Waals surface area (Å²) in [5, 5.41) is 11.7. The Labute approximate surface area is 69.0 Å². The second-order valence-electron chi connectivity index (χ2n) is 3.19. The highest BCUT2D eigenvalue weighted by molar-refractivity contribution is 4.67. The Hall–Kier alpha value is -0.120. The summed E-state index contributed by atoms with van der Waals surface area (Å²) in [7, 11) is 0. The summed E-state index contributed by atoms with van der Waals surface area (Å²) in [6.07, 6.45) is 0.810. The van der Waals surface area contributed by atoms with Crippen LogP contribution in [-0.2, 0) is 0 Å². The van der Waals surface area contributed by atoms with Gasteiger partial charge in [-0.25, -0.2) is 0 Å². The van der Waals surface area contributed by atoms with Crippen molar-refractivity contribution in [3.05, 3.63) is 0 Å². The van der Waals surface area contributed by atoms with Crippen LogP contribution in [0.15, 0.2) is 0 Å². The molecule has 0 fully saturated rings. The van der Waals surface area contributed by atoms with E-state index in [2.05, 4.69) is 19.2 Å². The predicted octanol–water partition coefficient (Wildman–Crippen LogP) is -0.0583. The van der Waals surface area contributed by atoms with Gasteiger partial charge in [-0.15, -0.1) is 0 Å². The van der Waals surface area contributed by atoms with E-state index in [1.807, 2.05) is 0 Å². The lowest BCUT2D eigenvalue weighted by Crippen LogP contribution is -2.38. The predicted molar refractivity (Wildman–Crippen MR) is 47.4 cm³/mol. The molecule has 1 atom stereocenters. The van der Waals surface area contributed by atoms with E-state index in [1.54, 1.807) is 0 Å². The first-order valence-electron chi connectivity index (χ1n) is 4.25. The fraction of sp³-hybridized carbons (Fsp3) is 1.00. The Bertz CT molecular complexity index is 86.2. The van der Waals surface area contributed by atoms with Gasteiger partial charge in [-0.3, -0.25) is 0 Å². The van der Waals surface area contributed by atoms with Gasteiger partial charge in [0, 0.05) is 19.2 Å². The van der Waals surface area contributed by atoms with Gasteiger partial charge in [0.15, 0.2) is 0 Å². The van der Waals surface area contributed by atoms with Crippen LogP contribution in [0.1, 0.15) is 20.3 Å². The second-order valence-corrected chi connectivity index (χ2v) is 3.19. The number of nitrogens with two attached hydrogens (primary N) is 1. The zero-order chi connectivity index (χ0) is 8.69. The minimum absolute atomic E-state index is 0.230. The third-order valence-corrected chi connectivity index (χ3v) is 1.75. The Morgan fingerprint density at radius 2 is 2.09 bits per heavy atom. The van der Waals surface area contributed by atoms with E-state index in [0.717, 1.165) is 19.5 Å². The molecule has 0 aliphatic carbocycles. The molecule has 3 heteroatoms. The summed E-state index contributed by atoms with van der Waals surface area (Å²) in [5.74, 6) is 0.525. The summed E-state index contributed by atoms with van der Waals surface area (Å²) in [6, 6.07) is 0.230. The van der Waals surface area contributed by atoms with Gasteiger partial charge < -0.3 is 16.2 Å². The molecule has 4 N–H and O–H groups in total. The maximum Gasteiger partial charge on any atom is 0.0443 e. The molecule has 0 bridgehead atoms. The smallest absolute Gasteiger partial charge is 0.0443 e. The van der Waals surface area contributed by atoms with Crippen molar-refractivity contribution in [2.45, 2.75) is 26.3 Å². The Kier molecular flexibility index (Phi) is 6.51. The lowest BCUT2D eigenvalue weighted by atomic mass is 10.1. The molecule has 0 radical (unpaired) electrons. The highest BCUT2D eigenvalue weighted by Crippen LogP contribution is 1.95. The summed E-state index contributed by atoms with van der Waals surface area (Å²) in [6.45, 7) is 6.18. The SMILES string of the molecule is CC(C)C(N)CNCCCO. The Morgan fingerprint density at radius 1 is 1.45 bits per heavy atom. The average molecular weight is 160 g/mol. The van der Waals surface area contributed by atoms with Crippen molar-refractivity contribution in [3.63, 3.8) is 0 Å². The van der Waals surface area contributed by atoms with Crippen LogP contribution in [0.3, 0.4) is 0 Å². The molecule has 0 aromatic carbocycles. The molecule has 0 amide bonds. The monoisotopic (exact) mass is 160 g/mol. The molecule has 68 valence electrons. The molecule has 0 aromatic rings. The van der Waals surface area contributed by atoms with Crippen molar-refractivity contribution in [1.82, 2.24) is 5.32 Å². The van der Waals surface area contributed by atoms with Gasteiger partial charge in [0.05, 0.1) is 0 Å². The molecule has 0 saturated carbocycles. The van der Waals surface area contributed by atoms with Crippen LogP contribution in [0.4, 0.5) is 0 Å². The standard InChI is InChI=1S/C8H20N2O/c1-7(2)8(9)6-10-4-3-5-11/h7-8,10-11H,3-6,9H2,1-2H3. The minimum atomic E-state index is 0.230. The van der Waals surface area contributed by atoms with E-state index >= 15 is 0 Å². The number of hydrogen-bond acceptors (Lipinski definition) is 3. The molecule has 0 heterocycles. The largest absolute Gasteiger partial charge is 0.396 e. The quantitative estimate of drug-likeness (QED) is 0.477. The molecular weight excluding hydrogens is 140 g/mol. The van der Waals surface area contributed by atoms with Gasteiger partial charge in [0.25, 0.3) is 0 Å². The van der Waals surface area contributed by atoms with Crippen molar-refractivity contribution < 1.29 is 5.11 Å². The molecule has 3 nitrogen and oxygen atoms in total. The summed E-state index contributed by atoms with van der Waals surface area (Å²) in [5.41, 5.74) is 5.77. The van der Waals surface area contributed by atoms with E-state index in [4.69, 9.17) is 10.8 Å². The average Bonchev–Trinajstić information content (AvgIpc) is 1.97. The summed E-state index contributed by atoms with van der Waals surface area (Å²) in [4.78, 5) is 0. The highest BCUT2D eigenvalue weighted by Gasteiger charge is 2.05. The van der Waals surface area contributed by atoms with Gasteiger partial charge in [-0.2, -0.15) is 0 Å². The zero-order valence-corrected chi connectivity index (χ0v) is 7.51. The molecule has 11 heavy (non-hydrogen) atoms. The van der Waals surface area contributed by atoms with E-state index in [1.165, 1.54) is 0 Å². The minimum Gasteiger partial charge on any atom is -0.396 e. The number of rotatable bonds is 6.